The second-order valence-electron chi connectivity index (χ2n) is 2.63. The normalized spacial score (nSPS) is 8.67. The lowest BCUT2D eigenvalue weighted by Gasteiger charge is -1.93. The number of aryl methyl sites for hydroxylation is 2. The molecule has 0 saturated heterocycles. The molecule has 0 radical (unpaired) electrons. The minimum Gasteiger partial charge on any atom is -0.266 e. The average Bonchev–Trinajstić information content (AvgIpc) is 2.65. The number of fused-ring (bicyclic) bond motifs is 1. The lowest BCUT2D eigenvalue weighted by Crippen LogP contribution is -1.89. The van der Waals surface area contributed by atoms with Crippen LogP contribution in [0.25, 0.3) is 11.0 Å². The number of hydrogen-bond donors (Lipinski definition) is 0. The van der Waals surface area contributed by atoms with Crippen LogP contribution in [0.5, 0.6) is 0 Å². The molecule has 0 aliphatic carbocycles. The van der Waals surface area contributed by atoms with Gasteiger partial charge >= 0.3 is 0 Å². The SMILES string of the molecule is CC.CC.Cc1ccc2c(cnn2C)n1. The van der Waals surface area contributed by atoms with Crippen LogP contribution in [0, 0.1) is 6.92 Å². The van der Waals surface area contributed by atoms with Gasteiger partial charge in [0.05, 0.1) is 11.7 Å². The number of aromatic nitrogens is 3. The molecule has 0 amide bonds. The first kappa shape index (κ1) is 13.6. The highest BCUT2D eigenvalue weighted by molar-refractivity contribution is 5.73. The second-order valence-corrected chi connectivity index (χ2v) is 2.63. The third-order valence-corrected chi connectivity index (χ3v) is 1.74. The van der Waals surface area contributed by atoms with E-state index in [1.54, 1.807) is 6.20 Å². The molecule has 0 aliphatic rings. The van der Waals surface area contributed by atoms with Crippen molar-refractivity contribution in [2.75, 3.05) is 0 Å². The van der Waals surface area contributed by atoms with Gasteiger partial charge in [-0.2, -0.15) is 5.10 Å². The van der Waals surface area contributed by atoms with Gasteiger partial charge in [-0.25, -0.2) is 4.98 Å². The molecule has 2 aromatic rings. The van der Waals surface area contributed by atoms with Crippen LogP contribution in [-0.4, -0.2) is 14.8 Å². The summed E-state index contributed by atoms with van der Waals surface area (Å²) in [6.07, 6.45) is 1.78. The van der Waals surface area contributed by atoms with E-state index < -0.39 is 0 Å². The van der Waals surface area contributed by atoms with Gasteiger partial charge in [-0.3, -0.25) is 4.68 Å². The number of rotatable bonds is 0. The van der Waals surface area contributed by atoms with Gasteiger partial charge in [-0.15, -0.1) is 0 Å². The number of hydrogen-bond acceptors (Lipinski definition) is 2. The molecular weight excluding hydrogens is 186 g/mol. The monoisotopic (exact) mass is 207 g/mol. The first-order valence-electron chi connectivity index (χ1n) is 5.53. The van der Waals surface area contributed by atoms with Gasteiger partial charge < -0.3 is 0 Å². The summed E-state index contributed by atoms with van der Waals surface area (Å²) in [5.74, 6) is 0. The molecule has 3 heteroatoms. The molecule has 0 bridgehead atoms. The summed E-state index contributed by atoms with van der Waals surface area (Å²) in [6.45, 7) is 9.98. The lowest BCUT2D eigenvalue weighted by molar-refractivity contribution is 0.797. The smallest absolute Gasteiger partial charge is 0.109 e. The zero-order valence-electron chi connectivity index (χ0n) is 10.6. The summed E-state index contributed by atoms with van der Waals surface area (Å²) in [5.41, 5.74) is 3.08. The van der Waals surface area contributed by atoms with E-state index in [1.165, 1.54) is 0 Å². The largest absolute Gasteiger partial charge is 0.266 e. The fourth-order valence-corrected chi connectivity index (χ4v) is 1.14. The van der Waals surface area contributed by atoms with E-state index in [9.17, 15) is 0 Å². The molecule has 0 unspecified atom stereocenters. The van der Waals surface area contributed by atoms with Crippen molar-refractivity contribution in [3.8, 4) is 0 Å². The van der Waals surface area contributed by atoms with Crippen LogP contribution in [0.1, 0.15) is 33.4 Å². The fourth-order valence-electron chi connectivity index (χ4n) is 1.14. The maximum atomic E-state index is 4.31. The Bertz CT molecular complexity index is 391. The van der Waals surface area contributed by atoms with E-state index in [0.29, 0.717) is 0 Å². The number of pyridine rings is 1. The Morgan fingerprint density at radius 1 is 1.07 bits per heavy atom. The molecule has 0 spiro atoms. The summed E-state index contributed by atoms with van der Waals surface area (Å²) in [7, 11) is 1.92. The first-order chi connectivity index (χ1) is 7.27. The summed E-state index contributed by atoms with van der Waals surface area (Å²) in [4.78, 5) is 4.31. The van der Waals surface area contributed by atoms with Gasteiger partial charge in [0, 0.05) is 12.7 Å². The molecule has 2 aromatic heterocycles. The van der Waals surface area contributed by atoms with Crippen LogP contribution in [0.3, 0.4) is 0 Å². The molecule has 0 N–H and O–H groups in total. The van der Waals surface area contributed by atoms with Crippen molar-refractivity contribution in [3.05, 3.63) is 24.0 Å². The maximum absolute atomic E-state index is 4.31. The van der Waals surface area contributed by atoms with Crippen LogP contribution >= 0.6 is 0 Å². The molecule has 0 saturated carbocycles. The summed E-state index contributed by atoms with van der Waals surface area (Å²) in [5, 5.41) is 4.09. The number of nitrogens with zero attached hydrogens (tertiary/aromatic N) is 3. The molecule has 0 aliphatic heterocycles. The third kappa shape index (κ3) is 3.35. The predicted octanol–water partition coefficient (Wildman–Crippen LogP) is 3.33. The zero-order chi connectivity index (χ0) is 11.8. The second kappa shape index (κ2) is 6.98. The molecule has 3 nitrogen and oxygen atoms in total. The van der Waals surface area contributed by atoms with Gasteiger partial charge in [0.2, 0.25) is 0 Å². The Hall–Kier alpha value is -1.38. The maximum Gasteiger partial charge on any atom is 0.109 e. The third-order valence-electron chi connectivity index (χ3n) is 1.74. The lowest BCUT2D eigenvalue weighted by atomic mass is 10.3. The molecule has 15 heavy (non-hydrogen) atoms. The minimum atomic E-state index is 0.965. The van der Waals surface area contributed by atoms with Crippen molar-refractivity contribution in [1.82, 2.24) is 14.8 Å². The predicted molar refractivity (Wildman–Crippen MR) is 65.9 cm³/mol. The van der Waals surface area contributed by atoms with E-state index >= 15 is 0 Å². The van der Waals surface area contributed by atoms with Crippen molar-refractivity contribution >= 4 is 11.0 Å². The molecule has 2 rings (SSSR count). The van der Waals surface area contributed by atoms with Gasteiger partial charge in [-0.1, -0.05) is 27.7 Å². The highest BCUT2D eigenvalue weighted by atomic mass is 15.3. The van der Waals surface area contributed by atoms with E-state index in [2.05, 4.69) is 10.1 Å². The van der Waals surface area contributed by atoms with Gasteiger partial charge in [0.15, 0.2) is 0 Å². The Morgan fingerprint density at radius 2 is 1.67 bits per heavy atom. The van der Waals surface area contributed by atoms with Crippen LogP contribution in [0.2, 0.25) is 0 Å². The first-order valence-corrected chi connectivity index (χ1v) is 5.53. The van der Waals surface area contributed by atoms with Crippen molar-refractivity contribution < 1.29 is 0 Å². The van der Waals surface area contributed by atoms with E-state index in [4.69, 9.17) is 0 Å². The van der Waals surface area contributed by atoms with Crippen LogP contribution < -0.4 is 0 Å². The van der Waals surface area contributed by atoms with Crippen molar-refractivity contribution in [2.24, 2.45) is 7.05 Å². The van der Waals surface area contributed by atoms with Gasteiger partial charge in [0.1, 0.15) is 5.52 Å². The summed E-state index contributed by atoms with van der Waals surface area (Å²) in [6, 6.07) is 4.02. The molecule has 2 heterocycles. The molecule has 0 fully saturated rings. The zero-order valence-corrected chi connectivity index (χ0v) is 10.6. The van der Waals surface area contributed by atoms with Gasteiger partial charge in [-0.05, 0) is 19.1 Å². The van der Waals surface area contributed by atoms with Crippen molar-refractivity contribution in [3.63, 3.8) is 0 Å². The Kier molecular flexibility index (Phi) is 6.34. The topological polar surface area (TPSA) is 30.7 Å². The van der Waals surface area contributed by atoms with E-state index in [1.807, 2.05) is 58.5 Å². The van der Waals surface area contributed by atoms with Crippen molar-refractivity contribution in [2.45, 2.75) is 34.6 Å². The Balaban J connectivity index is 0.000000442. The quantitative estimate of drug-likeness (QED) is 0.663. The molecule has 0 aromatic carbocycles. The summed E-state index contributed by atoms with van der Waals surface area (Å²) < 4.78 is 1.82. The Labute approximate surface area is 92.1 Å². The molecule has 84 valence electrons. The average molecular weight is 207 g/mol. The molecule has 0 atom stereocenters. The molecular formula is C12H21N3. The van der Waals surface area contributed by atoms with E-state index in [0.717, 1.165) is 16.7 Å². The minimum absolute atomic E-state index is 0.965. The van der Waals surface area contributed by atoms with Crippen LogP contribution in [-0.2, 0) is 7.05 Å². The van der Waals surface area contributed by atoms with Gasteiger partial charge in [0.25, 0.3) is 0 Å². The highest BCUT2D eigenvalue weighted by Crippen LogP contribution is 2.09. The van der Waals surface area contributed by atoms with Crippen LogP contribution in [0.15, 0.2) is 18.3 Å². The Morgan fingerprint density at radius 3 is 2.27 bits per heavy atom. The summed E-state index contributed by atoms with van der Waals surface area (Å²) >= 11 is 0. The van der Waals surface area contributed by atoms with Crippen molar-refractivity contribution in [1.29, 1.82) is 0 Å². The fraction of sp³-hybridized carbons (Fsp3) is 0.500. The van der Waals surface area contributed by atoms with Crippen LogP contribution in [0.4, 0.5) is 0 Å². The highest BCUT2D eigenvalue weighted by Gasteiger charge is 1.98. The standard InChI is InChI=1S/C8H9N3.2C2H6/c1-6-3-4-8-7(10-6)5-9-11(8)2;2*1-2/h3-5H,1-2H3;2*1-2H3. The van der Waals surface area contributed by atoms with E-state index in [-0.39, 0.29) is 0 Å².